The number of benzene rings is 2. The molecule has 0 unspecified atom stereocenters. The van der Waals surface area contributed by atoms with Gasteiger partial charge in [0, 0.05) is 5.69 Å². The molecule has 0 amide bonds. The molecule has 3 N–H and O–H groups in total. The third kappa shape index (κ3) is 5.93. The van der Waals surface area contributed by atoms with E-state index in [2.05, 4.69) is 10.3 Å². The smallest absolute Gasteiger partial charge is 0.341 e. The Kier molecular flexibility index (Phi) is 8.20. The van der Waals surface area contributed by atoms with Crippen molar-refractivity contribution in [3.05, 3.63) is 59.2 Å². The monoisotopic (exact) mass is 455 g/mol. The van der Waals surface area contributed by atoms with Gasteiger partial charge in [0.1, 0.15) is 11.3 Å². The maximum Gasteiger partial charge on any atom is 0.341 e. The highest BCUT2D eigenvalue weighted by Crippen LogP contribution is 2.21. The summed E-state index contributed by atoms with van der Waals surface area (Å²) in [6.45, 7) is 2.34. The largest absolute Gasteiger partial charge is 0.496 e. The first-order valence-corrected chi connectivity index (χ1v) is 7.42. The van der Waals surface area contributed by atoms with Gasteiger partial charge in [0.15, 0.2) is 5.96 Å². The molecule has 25 heavy (non-hydrogen) atoms. The number of hydrogen-bond acceptors (Lipinski definition) is 4. The molecule has 2 aromatic rings. The van der Waals surface area contributed by atoms with Crippen LogP contribution in [0.4, 0.5) is 5.69 Å². The zero-order valence-corrected chi connectivity index (χ0v) is 16.7. The first-order valence-electron chi connectivity index (χ1n) is 7.42. The number of hydrogen-bond donors (Lipinski definition) is 2. The minimum Gasteiger partial charge on any atom is -0.496 e. The second kappa shape index (κ2) is 9.87. The van der Waals surface area contributed by atoms with Crippen LogP contribution < -0.4 is 15.8 Å². The number of halogens is 1. The predicted molar refractivity (Wildman–Crippen MR) is 110 cm³/mol. The Balaban J connectivity index is 0.00000312. The number of nitrogens with zero attached hydrogens (tertiary/aromatic N) is 1. The summed E-state index contributed by atoms with van der Waals surface area (Å²) in [5, 5.41) is 3.04. The average molecular weight is 455 g/mol. The Morgan fingerprint density at radius 1 is 1.20 bits per heavy atom. The minimum atomic E-state index is -0.455. The fraction of sp³-hybridized carbons (Fsp3) is 0.222. The Labute approximate surface area is 164 Å². The number of guanidine groups is 1. The Morgan fingerprint density at radius 2 is 1.96 bits per heavy atom. The molecule has 0 aromatic heterocycles. The van der Waals surface area contributed by atoms with Crippen LogP contribution in [0.3, 0.4) is 0 Å². The molecule has 6 nitrogen and oxygen atoms in total. The van der Waals surface area contributed by atoms with Crippen LogP contribution in [0.25, 0.3) is 0 Å². The molecular formula is C18H22IN3O3. The molecule has 0 aliphatic carbocycles. The quantitative estimate of drug-likeness (QED) is 0.313. The first-order chi connectivity index (χ1) is 11.5. The lowest BCUT2D eigenvalue weighted by Gasteiger charge is -2.09. The van der Waals surface area contributed by atoms with Crippen molar-refractivity contribution in [1.82, 2.24) is 0 Å². The molecule has 0 spiro atoms. The topological polar surface area (TPSA) is 85.9 Å². The molecule has 0 aliphatic rings. The zero-order chi connectivity index (χ0) is 17.5. The van der Waals surface area contributed by atoms with Crippen molar-refractivity contribution >= 4 is 41.6 Å². The number of carbonyl (C=O) groups excluding carboxylic acids is 1. The molecular weight excluding hydrogens is 433 g/mol. The number of nitrogens with two attached hydrogens (primary N) is 1. The van der Waals surface area contributed by atoms with Crippen LogP contribution in [-0.4, -0.2) is 26.1 Å². The third-order valence-electron chi connectivity index (χ3n) is 3.39. The van der Waals surface area contributed by atoms with Gasteiger partial charge in [-0.15, -0.1) is 24.0 Å². The molecule has 0 bridgehead atoms. The normalized spacial score (nSPS) is 10.6. The molecule has 2 aromatic carbocycles. The molecule has 0 saturated heterocycles. The number of carbonyl (C=O) groups is 1. The van der Waals surface area contributed by atoms with Crippen LogP contribution in [-0.2, 0) is 11.3 Å². The van der Waals surface area contributed by atoms with E-state index in [0.717, 1.165) is 16.8 Å². The van der Waals surface area contributed by atoms with E-state index in [4.69, 9.17) is 15.2 Å². The highest BCUT2D eigenvalue weighted by Gasteiger charge is 2.13. The highest BCUT2D eigenvalue weighted by molar-refractivity contribution is 14.0. The fourth-order valence-electron chi connectivity index (χ4n) is 2.21. The van der Waals surface area contributed by atoms with Gasteiger partial charge < -0.3 is 20.5 Å². The van der Waals surface area contributed by atoms with Crippen molar-refractivity contribution in [2.24, 2.45) is 10.7 Å². The van der Waals surface area contributed by atoms with Crippen LogP contribution in [0.2, 0.25) is 0 Å². The SMILES string of the molecule is COC(=O)c1cc(CN=C(N)Nc2cccc(C)c2)ccc1OC.I. The van der Waals surface area contributed by atoms with Gasteiger partial charge in [-0.2, -0.15) is 0 Å². The van der Waals surface area contributed by atoms with Crippen LogP contribution in [0, 0.1) is 6.92 Å². The average Bonchev–Trinajstić information content (AvgIpc) is 2.59. The van der Waals surface area contributed by atoms with E-state index in [1.807, 2.05) is 37.3 Å². The molecule has 2 rings (SSSR count). The lowest BCUT2D eigenvalue weighted by molar-refractivity contribution is 0.0597. The maximum atomic E-state index is 11.8. The lowest BCUT2D eigenvalue weighted by Crippen LogP contribution is -2.22. The van der Waals surface area contributed by atoms with Gasteiger partial charge in [-0.25, -0.2) is 9.79 Å². The van der Waals surface area contributed by atoms with Crippen molar-refractivity contribution < 1.29 is 14.3 Å². The van der Waals surface area contributed by atoms with Crippen LogP contribution in [0.15, 0.2) is 47.5 Å². The van der Waals surface area contributed by atoms with E-state index in [9.17, 15) is 4.79 Å². The summed E-state index contributed by atoms with van der Waals surface area (Å²) in [5.41, 5.74) is 9.10. The van der Waals surface area contributed by atoms with E-state index < -0.39 is 5.97 Å². The molecule has 0 fully saturated rings. The second-order valence-corrected chi connectivity index (χ2v) is 5.22. The Bertz CT molecular complexity index is 763. The Hall–Kier alpha value is -2.29. The molecule has 7 heteroatoms. The van der Waals surface area contributed by atoms with Gasteiger partial charge in [0.05, 0.1) is 20.8 Å². The molecule has 0 saturated carbocycles. The molecule has 134 valence electrons. The number of esters is 1. The number of aliphatic imine (C=N–C) groups is 1. The van der Waals surface area contributed by atoms with E-state index in [0.29, 0.717) is 23.8 Å². The summed E-state index contributed by atoms with van der Waals surface area (Å²) < 4.78 is 9.92. The van der Waals surface area contributed by atoms with Gasteiger partial charge in [-0.3, -0.25) is 0 Å². The van der Waals surface area contributed by atoms with Gasteiger partial charge in [0.25, 0.3) is 0 Å². The number of methoxy groups -OCH3 is 2. The summed E-state index contributed by atoms with van der Waals surface area (Å²) in [5.74, 6) is 0.306. The first kappa shape index (κ1) is 20.8. The molecule has 0 atom stereocenters. The van der Waals surface area contributed by atoms with Crippen LogP contribution >= 0.6 is 24.0 Å². The van der Waals surface area contributed by atoms with E-state index >= 15 is 0 Å². The maximum absolute atomic E-state index is 11.8. The summed E-state index contributed by atoms with van der Waals surface area (Å²) in [4.78, 5) is 16.1. The van der Waals surface area contributed by atoms with E-state index in [1.54, 1.807) is 12.1 Å². The van der Waals surface area contributed by atoms with Gasteiger partial charge in [-0.1, -0.05) is 18.2 Å². The summed E-state index contributed by atoms with van der Waals surface area (Å²) in [6.07, 6.45) is 0. The summed E-state index contributed by atoms with van der Waals surface area (Å²) in [6, 6.07) is 13.1. The standard InChI is InChI=1S/C18H21N3O3.HI/c1-12-5-4-6-14(9-12)21-18(19)20-11-13-7-8-16(23-2)15(10-13)17(22)24-3;/h4-10H,11H2,1-3H3,(H3,19,20,21);1H. The lowest BCUT2D eigenvalue weighted by atomic mass is 10.1. The fourth-order valence-corrected chi connectivity index (χ4v) is 2.21. The number of rotatable bonds is 5. The van der Waals surface area contributed by atoms with Crippen molar-refractivity contribution in [3.63, 3.8) is 0 Å². The van der Waals surface area contributed by atoms with Gasteiger partial charge >= 0.3 is 5.97 Å². The molecule has 0 aliphatic heterocycles. The van der Waals surface area contributed by atoms with Crippen LogP contribution in [0.1, 0.15) is 21.5 Å². The number of anilines is 1. The number of ether oxygens (including phenoxy) is 2. The highest BCUT2D eigenvalue weighted by atomic mass is 127. The number of nitrogens with one attached hydrogen (secondary N) is 1. The van der Waals surface area contributed by atoms with E-state index in [-0.39, 0.29) is 24.0 Å². The summed E-state index contributed by atoms with van der Waals surface area (Å²) in [7, 11) is 2.83. The molecule has 0 radical (unpaired) electrons. The van der Waals surface area contributed by atoms with E-state index in [1.165, 1.54) is 14.2 Å². The van der Waals surface area contributed by atoms with Gasteiger partial charge in [-0.05, 0) is 42.3 Å². The summed E-state index contributed by atoms with van der Waals surface area (Å²) >= 11 is 0. The number of aryl methyl sites for hydroxylation is 1. The minimum absolute atomic E-state index is 0. The third-order valence-corrected chi connectivity index (χ3v) is 3.39. The van der Waals surface area contributed by atoms with Crippen molar-refractivity contribution in [1.29, 1.82) is 0 Å². The second-order valence-electron chi connectivity index (χ2n) is 5.22. The predicted octanol–water partition coefficient (Wildman–Crippen LogP) is 3.34. The van der Waals surface area contributed by atoms with Crippen LogP contribution in [0.5, 0.6) is 5.75 Å². The van der Waals surface area contributed by atoms with Gasteiger partial charge in [0.2, 0.25) is 0 Å². The van der Waals surface area contributed by atoms with Crippen molar-refractivity contribution in [2.75, 3.05) is 19.5 Å². The van der Waals surface area contributed by atoms with Crippen molar-refractivity contribution in [2.45, 2.75) is 13.5 Å². The van der Waals surface area contributed by atoms with Crippen molar-refractivity contribution in [3.8, 4) is 5.75 Å². The Morgan fingerprint density at radius 3 is 2.60 bits per heavy atom. The molecule has 0 heterocycles. The zero-order valence-electron chi connectivity index (χ0n) is 14.4.